The normalized spacial score (nSPS) is 13.7. The molecular formula is C14H15NO5. The molecule has 0 unspecified atom stereocenters. The third kappa shape index (κ3) is 2.64. The Morgan fingerprint density at radius 2 is 2.05 bits per heavy atom. The van der Waals surface area contributed by atoms with Gasteiger partial charge < -0.3 is 14.7 Å². The highest BCUT2D eigenvalue weighted by molar-refractivity contribution is 6.05. The van der Waals surface area contributed by atoms with Gasteiger partial charge in [0.1, 0.15) is 0 Å². The summed E-state index contributed by atoms with van der Waals surface area (Å²) in [4.78, 5) is 35.7. The summed E-state index contributed by atoms with van der Waals surface area (Å²) in [7, 11) is 1.62. The van der Waals surface area contributed by atoms with Gasteiger partial charge in [-0.2, -0.15) is 0 Å². The van der Waals surface area contributed by atoms with Crippen LogP contribution in [0.3, 0.4) is 0 Å². The fraction of sp³-hybridized carbons (Fsp3) is 0.357. The number of aryl methyl sites for hydroxylation is 1. The van der Waals surface area contributed by atoms with Crippen LogP contribution in [0.25, 0.3) is 0 Å². The van der Waals surface area contributed by atoms with E-state index in [-0.39, 0.29) is 31.1 Å². The van der Waals surface area contributed by atoms with Crippen LogP contribution < -0.4 is 9.64 Å². The Morgan fingerprint density at radius 1 is 1.35 bits per heavy atom. The number of amides is 1. The fourth-order valence-electron chi connectivity index (χ4n) is 2.08. The number of fused-ring (bicyclic) bond motifs is 1. The molecule has 20 heavy (non-hydrogen) atoms. The Labute approximate surface area is 115 Å². The van der Waals surface area contributed by atoms with Crippen LogP contribution in [-0.2, 0) is 9.59 Å². The zero-order valence-electron chi connectivity index (χ0n) is 11.3. The summed E-state index contributed by atoms with van der Waals surface area (Å²) in [6.07, 6.45) is -0.317. The number of ketones is 1. The summed E-state index contributed by atoms with van der Waals surface area (Å²) in [5.41, 5.74) is 1.69. The average Bonchev–Trinajstić information content (AvgIpc) is 2.40. The molecule has 1 aliphatic heterocycles. The highest BCUT2D eigenvalue weighted by atomic mass is 16.5. The van der Waals surface area contributed by atoms with Gasteiger partial charge in [-0.1, -0.05) is 0 Å². The lowest BCUT2D eigenvalue weighted by molar-refractivity contribution is -0.137. The number of benzene rings is 1. The number of carboxylic acid groups (broad SMARTS) is 1. The van der Waals surface area contributed by atoms with E-state index in [1.54, 1.807) is 26.1 Å². The second kappa shape index (κ2) is 5.32. The van der Waals surface area contributed by atoms with Gasteiger partial charge in [0.2, 0.25) is 0 Å². The van der Waals surface area contributed by atoms with Gasteiger partial charge in [-0.05, 0) is 24.6 Å². The Morgan fingerprint density at radius 3 is 2.70 bits per heavy atom. The van der Waals surface area contributed by atoms with Crippen molar-refractivity contribution in [3.63, 3.8) is 0 Å². The molecule has 1 aromatic rings. The lowest BCUT2D eigenvalue weighted by Gasteiger charge is -2.27. The molecule has 0 atom stereocenters. The van der Waals surface area contributed by atoms with Crippen LogP contribution in [0.4, 0.5) is 5.69 Å². The van der Waals surface area contributed by atoms with Gasteiger partial charge in [0.25, 0.3) is 5.91 Å². The quantitative estimate of drug-likeness (QED) is 0.841. The highest BCUT2D eigenvalue weighted by Crippen LogP contribution is 2.36. The van der Waals surface area contributed by atoms with Crippen molar-refractivity contribution in [2.24, 2.45) is 0 Å². The summed E-state index contributed by atoms with van der Waals surface area (Å²) in [5, 5.41) is 8.64. The Kier molecular flexibility index (Phi) is 3.74. The van der Waals surface area contributed by atoms with Crippen molar-refractivity contribution >= 4 is 23.3 Å². The van der Waals surface area contributed by atoms with Gasteiger partial charge in [0, 0.05) is 13.5 Å². The summed E-state index contributed by atoms with van der Waals surface area (Å²) in [6, 6.07) is 3.42. The number of carbonyl (C=O) groups excluding carboxylic acids is 2. The third-order valence-electron chi connectivity index (χ3n) is 3.16. The van der Waals surface area contributed by atoms with Crippen molar-refractivity contribution in [2.75, 3.05) is 18.6 Å². The maximum Gasteiger partial charge on any atom is 0.303 e. The SMILES string of the molecule is Cc1cc(C(=O)CCC(=O)O)c2c(c1)N(C)C(=O)CO2. The molecule has 106 valence electrons. The molecule has 1 aromatic carbocycles. The molecule has 0 aromatic heterocycles. The smallest absolute Gasteiger partial charge is 0.303 e. The molecule has 6 nitrogen and oxygen atoms in total. The van der Waals surface area contributed by atoms with Crippen LogP contribution in [0.5, 0.6) is 5.75 Å². The van der Waals surface area contributed by atoms with Crippen molar-refractivity contribution in [2.45, 2.75) is 19.8 Å². The minimum Gasteiger partial charge on any atom is -0.481 e. The minimum atomic E-state index is -1.02. The number of hydrogen-bond acceptors (Lipinski definition) is 4. The topological polar surface area (TPSA) is 83.9 Å². The molecule has 0 aliphatic carbocycles. The summed E-state index contributed by atoms with van der Waals surface area (Å²) < 4.78 is 5.36. The maximum atomic E-state index is 12.1. The van der Waals surface area contributed by atoms with Gasteiger partial charge in [-0.3, -0.25) is 14.4 Å². The number of hydrogen-bond donors (Lipinski definition) is 1. The molecule has 0 saturated heterocycles. The molecule has 1 heterocycles. The van der Waals surface area contributed by atoms with Crippen LogP contribution in [-0.4, -0.2) is 36.4 Å². The number of Topliss-reactive ketones (excluding diaryl/α,β-unsaturated/α-hetero) is 1. The molecule has 1 aliphatic rings. The summed E-state index contributed by atoms with van der Waals surface area (Å²) >= 11 is 0. The van der Waals surface area contributed by atoms with E-state index in [0.717, 1.165) is 5.56 Å². The van der Waals surface area contributed by atoms with E-state index in [2.05, 4.69) is 0 Å². The maximum absolute atomic E-state index is 12.1. The van der Waals surface area contributed by atoms with Gasteiger partial charge >= 0.3 is 5.97 Å². The van der Waals surface area contributed by atoms with Gasteiger partial charge in [0.05, 0.1) is 17.7 Å². The van der Waals surface area contributed by atoms with Crippen molar-refractivity contribution in [3.8, 4) is 5.75 Å². The first kappa shape index (κ1) is 14.0. The van der Waals surface area contributed by atoms with Gasteiger partial charge in [-0.15, -0.1) is 0 Å². The van der Waals surface area contributed by atoms with E-state index in [9.17, 15) is 14.4 Å². The van der Waals surface area contributed by atoms with Crippen molar-refractivity contribution < 1.29 is 24.2 Å². The lowest BCUT2D eigenvalue weighted by Crippen LogP contribution is -2.36. The second-order valence-corrected chi connectivity index (χ2v) is 4.72. The number of carboxylic acids is 1. The number of likely N-dealkylation sites (N-methyl/N-ethyl adjacent to an activating group) is 1. The van der Waals surface area contributed by atoms with E-state index < -0.39 is 5.97 Å². The summed E-state index contributed by atoms with van der Waals surface area (Å²) in [6.45, 7) is 1.69. The predicted octanol–water partition coefficient (Wildman–Crippen LogP) is 1.40. The summed E-state index contributed by atoms with van der Waals surface area (Å²) in [5.74, 6) is -1.15. The largest absolute Gasteiger partial charge is 0.481 e. The molecule has 0 fully saturated rings. The first-order chi connectivity index (χ1) is 9.40. The van der Waals surface area contributed by atoms with Crippen LogP contribution in [0, 0.1) is 6.92 Å². The molecule has 0 radical (unpaired) electrons. The molecular weight excluding hydrogens is 262 g/mol. The van der Waals surface area contributed by atoms with E-state index >= 15 is 0 Å². The van der Waals surface area contributed by atoms with Crippen LogP contribution in [0.1, 0.15) is 28.8 Å². The lowest BCUT2D eigenvalue weighted by atomic mass is 10.0. The molecule has 0 spiro atoms. The molecule has 1 N–H and O–H groups in total. The van der Waals surface area contributed by atoms with E-state index in [1.165, 1.54) is 4.90 Å². The average molecular weight is 277 g/mol. The standard InChI is InChI=1S/C14H15NO5/c1-8-5-9(11(16)3-4-13(18)19)14-10(6-8)15(2)12(17)7-20-14/h5-6H,3-4,7H2,1-2H3,(H,18,19). The van der Waals surface area contributed by atoms with E-state index in [4.69, 9.17) is 9.84 Å². The third-order valence-corrected chi connectivity index (χ3v) is 3.16. The van der Waals surface area contributed by atoms with Crippen LogP contribution in [0.2, 0.25) is 0 Å². The molecule has 2 rings (SSSR count). The Hall–Kier alpha value is -2.37. The highest BCUT2D eigenvalue weighted by Gasteiger charge is 2.27. The van der Waals surface area contributed by atoms with Gasteiger partial charge in [0.15, 0.2) is 18.1 Å². The fourth-order valence-corrected chi connectivity index (χ4v) is 2.08. The number of rotatable bonds is 4. The zero-order chi connectivity index (χ0) is 14.9. The second-order valence-electron chi connectivity index (χ2n) is 4.72. The number of nitrogens with zero attached hydrogens (tertiary/aromatic N) is 1. The molecule has 6 heteroatoms. The molecule has 0 saturated carbocycles. The van der Waals surface area contributed by atoms with E-state index in [0.29, 0.717) is 17.0 Å². The zero-order valence-corrected chi connectivity index (χ0v) is 11.3. The van der Waals surface area contributed by atoms with Gasteiger partial charge in [-0.25, -0.2) is 0 Å². The minimum absolute atomic E-state index is 0.0910. The van der Waals surface area contributed by atoms with Crippen LogP contribution >= 0.6 is 0 Å². The monoisotopic (exact) mass is 277 g/mol. The first-order valence-corrected chi connectivity index (χ1v) is 6.19. The van der Waals surface area contributed by atoms with Crippen LogP contribution in [0.15, 0.2) is 12.1 Å². The van der Waals surface area contributed by atoms with Crippen molar-refractivity contribution in [3.05, 3.63) is 23.3 Å². The first-order valence-electron chi connectivity index (χ1n) is 6.19. The Balaban J connectivity index is 2.39. The van der Waals surface area contributed by atoms with E-state index in [1.807, 2.05) is 0 Å². The number of ether oxygens (including phenoxy) is 1. The van der Waals surface area contributed by atoms with Crippen molar-refractivity contribution in [1.29, 1.82) is 0 Å². The van der Waals surface area contributed by atoms with Crippen molar-refractivity contribution in [1.82, 2.24) is 0 Å². The predicted molar refractivity (Wildman–Crippen MR) is 71.3 cm³/mol. The molecule has 0 bridgehead atoms. The number of aliphatic carboxylic acids is 1. The molecule has 1 amide bonds. The number of carbonyl (C=O) groups is 3. The number of anilines is 1. The Bertz CT molecular complexity index is 593.